The van der Waals surface area contributed by atoms with Gasteiger partial charge in [0, 0.05) is 0 Å². The zero-order chi connectivity index (χ0) is 21.9. The normalized spacial score (nSPS) is 14.4. The zero-order valence-corrected chi connectivity index (χ0v) is 16.4. The lowest BCUT2D eigenvalue weighted by molar-refractivity contribution is -0.147. The van der Waals surface area contributed by atoms with Gasteiger partial charge in [-0.25, -0.2) is 4.39 Å². The van der Waals surface area contributed by atoms with Gasteiger partial charge in [0.05, 0.1) is 16.9 Å². The molecule has 1 aliphatic heterocycles. The van der Waals surface area contributed by atoms with Gasteiger partial charge in [-0.1, -0.05) is 24.3 Å². The Morgan fingerprint density at radius 2 is 1.77 bits per heavy atom. The number of benzene rings is 2. The summed E-state index contributed by atoms with van der Waals surface area (Å²) >= 11 is 0. The lowest BCUT2D eigenvalue weighted by Gasteiger charge is -2.41. The van der Waals surface area contributed by atoms with Crippen molar-refractivity contribution < 1.29 is 28.3 Å². The van der Waals surface area contributed by atoms with Gasteiger partial charge in [0.15, 0.2) is 6.61 Å². The van der Waals surface area contributed by atoms with E-state index in [0.717, 1.165) is 6.07 Å². The van der Waals surface area contributed by atoms with Crippen LogP contribution in [0.3, 0.4) is 0 Å². The number of amides is 3. The summed E-state index contributed by atoms with van der Waals surface area (Å²) in [6.45, 7) is 1.99. The number of esters is 1. The molecule has 0 radical (unpaired) electrons. The van der Waals surface area contributed by atoms with Crippen molar-refractivity contribution >= 4 is 35.1 Å². The molecule has 0 atom stereocenters. The minimum Gasteiger partial charge on any atom is -0.454 e. The molecule has 0 aromatic heterocycles. The Bertz CT molecular complexity index is 1020. The van der Waals surface area contributed by atoms with E-state index >= 15 is 0 Å². The number of carbonyl (C=O) groups is 4. The Labute approximate surface area is 172 Å². The molecule has 3 amide bonds. The van der Waals surface area contributed by atoms with Gasteiger partial charge in [-0.15, -0.1) is 0 Å². The molecule has 0 bridgehead atoms. The minimum absolute atomic E-state index is 0.209. The third-order valence-corrected chi connectivity index (χ3v) is 4.63. The molecule has 3 rings (SSSR count). The summed E-state index contributed by atoms with van der Waals surface area (Å²) in [6, 6.07) is 12.1. The van der Waals surface area contributed by atoms with Crippen molar-refractivity contribution in [1.29, 1.82) is 0 Å². The number of ether oxygens (including phenoxy) is 1. The van der Waals surface area contributed by atoms with Crippen LogP contribution in [-0.4, -0.2) is 42.4 Å². The van der Waals surface area contributed by atoms with Gasteiger partial charge in [-0.3, -0.25) is 24.1 Å². The minimum atomic E-state index is -1.20. The molecule has 2 N–H and O–H groups in total. The molecule has 0 aliphatic carbocycles. The first kappa shape index (κ1) is 21.0. The van der Waals surface area contributed by atoms with E-state index in [1.807, 2.05) is 0 Å². The predicted octanol–water partition coefficient (Wildman–Crippen LogP) is 1.86. The first-order chi connectivity index (χ1) is 14.2. The number of fused-ring (bicyclic) bond motifs is 1. The fraction of sp³-hybridized carbons (Fsp3) is 0.238. The number of halogens is 1. The molecule has 8 nitrogen and oxygen atoms in total. The third-order valence-electron chi connectivity index (χ3n) is 4.63. The quantitative estimate of drug-likeness (QED) is 0.728. The Morgan fingerprint density at radius 1 is 1.10 bits per heavy atom. The highest BCUT2D eigenvalue weighted by Gasteiger charge is 2.43. The van der Waals surface area contributed by atoms with E-state index in [4.69, 9.17) is 4.74 Å². The maximum atomic E-state index is 13.6. The molecule has 0 saturated heterocycles. The van der Waals surface area contributed by atoms with Gasteiger partial charge < -0.3 is 15.4 Å². The van der Waals surface area contributed by atoms with E-state index in [9.17, 15) is 23.6 Å². The standard InChI is InChI=1S/C21H20FN3O5/c1-21(2)20(29)24-15-9-5-6-10-16(15)25(21)17(26)12-30-18(27)11-23-19(28)13-7-3-4-8-14(13)22/h3-10H,11-12H2,1-2H3,(H,23,28)(H,24,29). The van der Waals surface area contributed by atoms with Crippen molar-refractivity contribution in [2.75, 3.05) is 23.4 Å². The first-order valence-corrected chi connectivity index (χ1v) is 9.13. The van der Waals surface area contributed by atoms with Crippen LogP contribution in [0.5, 0.6) is 0 Å². The van der Waals surface area contributed by atoms with Crippen LogP contribution in [0.1, 0.15) is 24.2 Å². The van der Waals surface area contributed by atoms with Crippen LogP contribution in [0.25, 0.3) is 0 Å². The fourth-order valence-electron chi connectivity index (χ4n) is 3.05. The zero-order valence-electron chi connectivity index (χ0n) is 16.4. The van der Waals surface area contributed by atoms with Crippen LogP contribution >= 0.6 is 0 Å². The smallest absolute Gasteiger partial charge is 0.325 e. The largest absolute Gasteiger partial charge is 0.454 e. The number of hydrogen-bond acceptors (Lipinski definition) is 5. The number of nitrogens with one attached hydrogen (secondary N) is 2. The van der Waals surface area contributed by atoms with E-state index in [1.165, 1.54) is 23.1 Å². The average Bonchev–Trinajstić information content (AvgIpc) is 2.71. The number of hydrogen-bond donors (Lipinski definition) is 2. The second kappa shape index (κ2) is 8.32. The van der Waals surface area contributed by atoms with Crippen molar-refractivity contribution in [2.24, 2.45) is 0 Å². The SMILES string of the molecule is CC1(C)C(=O)Nc2ccccc2N1C(=O)COC(=O)CNC(=O)c1ccccc1F. The second-order valence-electron chi connectivity index (χ2n) is 7.08. The summed E-state index contributed by atoms with van der Waals surface area (Å²) in [7, 11) is 0. The molecular weight excluding hydrogens is 393 g/mol. The van der Waals surface area contributed by atoms with Crippen LogP contribution < -0.4 is 15.5 Å². The number of nitrogens with zero attached hydrogens (tertiary/aromatic N) is 1. The number of anilines is 2. The Balaban J connectivity index is 1.61. The summed E-state index contributed by atoms with van der Waals surface area (Å²) < 4.78 is 18.5. The highest BCUT2D eigenvalue weighted by Crippen LogP contribution is 2.36. The van der Waals surface area contributed by atoms with E-state index in [1.54, 1.807) is 38.1 Å². The Morgan fingerprint density at radius 3 is 2.50 bits per heavy atom. The van der Waals surface area contributed by atoms with Gasteiger partial charge in [-0.05, 0) is 38.1 Å². The van der Waals surface area contributed by atoms with Crippen molar-refractivity contribution in [3.63, 3.8) is 0 Å². The summed E-state index contributed by atoms with van der Waals surface area (Å²) in [5, 5.41) is 4.97. The molecule has 2 aromatic carbocycles. The molecule has 9 heteroatoms. The van der Waals surface area contributed by atoms with Crippen LogP contribution in [0, 0.1) is 5.82 Å². The maximum absolute atomic E-state index is 13.6. The monoisotopic (exact) mass is 413 g/mol. The number of rotatable bonds is 5. The van der Waals surface area contributed by atoms with Crippen molar-refractivity contribution in [3.05, 3.63) is 59.9 Å². The summed E-state index contributed by atoms with van der Waals surface area (Å²) in [5.74, 6) is -3.35. The molecule has 0 fully saturated rings. The van der Waals surface area contributed by atoms with E-state index in [2.05, 4.69) is 10.6 Å². The molecule has 30 heavy (non-hydrogen) atoms. The summed E-state index contributed by atoms with van der Waals surface area (Å²) in [5.41, 5.74) is -0.453. The Hall–Kier alpha value is -3.75. The van der Waals surface area contributed by atoms with Gasteiger partial charge in [0.1, 0.15) is 17.9 Å². The lowest BCUT2D eigenvalue weighted by Crippen LogP contribution is -2.59. The van der Waals surface area contributed by atoms with Crippen LogP contribution in [-0.2, 0) is 19.1 Å². The second-order valence-corrected chi connectivity index (χ2v) is 7.08. The van der Waals surface area contributed by atoms with Gasteiger partial charge in [0.25, 0.3) is 11.8 Å². The first-order valence-electron chi connectivity index (χ1n) is 9.13. The summed E-state index contributed by atoms with van der Waals surface area (Å²) in [4.78, 5) is 50.3. The highest BCUT2D eigenvalue weighted by molar-refractivity contribution is 6.14. The summed E-state index contributed by atoms with van der Waals surface area (Å²) in [6.07, 6.45) is 0. The number of carbonyl (C=O) groups excluding carboxylic acids is 4. The molecule has 1 heterocycles. The van der Waals surface area contributed by atoms with Gasteiger partial charge in [0.2, 0.25) is 5.91 Å². The van der Waals surface area contributed by atoms with E-state index < -0.39 is 42.3 Å². The molecule has 2 aromatic rings. The van der Waals surface area contributed by atoms with Gasteiger partial charge in [-0.2, -0.15) is 0 Å². The lowest BCUT2D eigenvalue weighted by atomic mass is 9.96. The van der Waals surface area contributed by atoms with Crippen molar-refractivity contribution in [2.45, 2.75) is 19.4 Å². The topological polar surface area (TPSA) is 105 Å². The molecular formula is C21H20FN3O5. The molecule has 156 valence electrons. The molecule has 0 unspecified atom stereocenters. The average molecular weight is 413 g/mol. The predicted molar refractivity (Wildman–Crippen MR) is 106 cm³/mol. The number of para-hydroxylation sites is 2. The third kappa shape index (κ3) is 4.14. The van der Waals surface area contributed by atoms with E-state index in [0.29, 0.717) is 11.4 Å². The maximum Gasteiger partial charge on any atom is 0.325 e. The molecule has 1 aliphatic rings. The van der Waals surface area contributed by atoms with Crippen molar-refractivity contribution in [3.8, 4) is 0 Å². The molecule has 0 saturated carbocycles. The van der Waals surface area contributed by atoms with Gasteiger partial charge >= 0.3 is 5.97 Å². The Kier molecular flexibility index (Phi) is 5.81. The highest BCUT2D eigenvalue weighted by atomic mass is 19.1. The van der Waals surface area contributed by atoms with Crippen LogP contribution in [0.15, 0.2) is 48.5 Å². The van der Waals surface area contributed by atoms with E-state index in [-0.39, 0.29) is 11.5 Å². The molecule has 0 spiro atoms. The van der Waals surface area contributed by atoms with Crippen LogP contribution in [0.2, 0.25) is 0 Å². The van der Waals surface area contributed by atoms with Crippen LogP contribution in [0.4, 0.5) is 15.8 Å². The fourth-order valence-corrected chi connectivity index (χ4v) is 3.05. The van der Waals surface area contributed by atoms with Crippen molar-refractivity contribution in [1.82, 2.24) is 5.32 Å².